The fraction of sp³-hybridized carbons (Fsp3) is 0.385. The molecule has 0 aromatic heterocycles. The average molecular weight is 231 g/mol. The number of carbonyl (C=O) groups excluding carboxylic acids is 1. The summed E-state index contributed by atoms with van der Waals surface area (Å²) in [5, 5.41) is 3.93. The Bertz CT molecular complexity index is 466. The van der Waals surface area contributed by atoms with E-state index in [-0.39, 0.29) is 0 Å². The Morgan fingerprint density at radius 2 is 2.00 bits per heavy atom. The van der Waals surface area contributed by atoms with Crippen LogP contribution in [0.25, 0.3) is 0 Å². The summed E-state index contributed by atoms with van der Waals surface area (Å²) in [7, 11) is 0. The van der Waals surface area contributed by atoms with Crippen LogP contribution in [0.3, 0.4) is 0 Å². The summed E-state index contributed by atoms with van der Waals surface area (Å²) in [6.07, 6.45) is 4.85. The van der Waals surface area contributed by atoms with Gasteiger partial charge in [0.15, 0.2) is 0 Å². The second-order valence-electron chi connectivity index (χ2n) is 4.36. The molecule has 2 rings (SSSR count). The highest BCUT2D eigenvalue weighted by molar-refractivity contribution is 5.99. The van der Waals surface area contributed by atoms with Crippen LogP contribution in [-0.4, -0.2) is 11.7 Å². The van der Waals surface area contributed by atoms with E-state index in [1.807, 2.05) is 13.0 Å². The quantitative estimate of drug-likeness (QED) is 0.593. The maximum absolute atomic E-state index is 10.6. The summed E-state index contributed by atoms with van der Waals surface area (Å²) < 4.78 is 0. The van der Waals surface area contributed by atoms with Crippen LogP contribution in [0, 0.1) is 0 Å². The van der Waals surface area contributed by atoms with Crippen LogP contribution in [0.5, 0.6) is 0 Å². The summed E-state index contributed by atoms with van der Waals surface area (Å²) >= 11 is 0. The summed E-state index contributed by atoms with van der Waals surface area (Å²) in [5.74, 6) is 0. The minimum Gasteiger partial charge on any atom is -0.350 e. The number of rotatable bonds is 2. The molecule has 4 nitrogen and oxygen atoms in total. The van der Waals surface area contributed by atoms with Crippen LogP contribution < -0.4 is 11.2 Å². The molecule has 0 spiro atoms. The Labute approximate surface area is 101 Å². The Hall–Kier alpha value is -1.84. The first-order valence-electron chi connectivity index (χ1n) is 5.89. The first-order valence-corrected chi connectivity index (χ1v) is 5.89. The number of hydrazone groups is 1. The molecular weight excluding hydrogens is 214 g/mol. The number of benzene rings is 1. The highest BCUT2D eigenvalue weighted by Gasteiger charge is 2.10. The third-order valence-electron chi connectivity index (χ3n) is 3.10. The minimum absolute atomic E-state index is 0.637. The number of nitrogens with two attached hydrogens (primary N) is 1. The van der Waals surface area contributed by atoms with Gasteiger partial charge in [0.05, 0.1) is 5.71 Å². The molecule has 0 saturated carbocycles. The number of hydrogen-bond donors (Lipinski definition) is 2. The average Bonchev–Trinajstić information content (AvgIpc) is 2.35. The molecule has 1 aromatic rings. The largest absolute Gasteiger partial charge is 0.350 e. The van der Waals surface area contributed by atoms with Crippen molar-refractivity contribution in [2.24, 2.45) is 10.8 Å². The lowest BCUT2D eigenvalue weighted by Gasteiger charge is -2.16. The Morgan fingerprint density at radius 1 is 1.29 bits per heavy atom. The molecule has 90 valence electrons. The molecule has 0 fully saturated rings. The maximum atomic E-state index is 10.6. The van der Waals surface area contributed by atoms with Gasteiger partial charge in [-0.2, -0.15) is 5.10 Å². The van der Waals surface area contributed by atoms with Gasteiger partial charge in [0.25, 0.3) is 0 Å². The zero-order valence-electron chi connectivity index (χ0n) is 9.99. The van der Waals surface area contributed by atoms with Gasteiger partial charge in [-0.1, -0.05) is 12.1 Å². The predicted molar refractivity (Wildman–Crippen MR) is 68.0 cm³/mol. The normalized spacial score (nSPS) is 15.2. The third-order valence-corrected chi connectivity index (χ3v) is 3.10. The summed E-state index contributed by atoms with van der Waals surface area (Å²) in [5.41, 5.74) is 11.9. The van der Waals surface area contributed by atoms with Crippen molar-refractivity contribution >= 4 is 11.7 Å². The van der Waals surface area contributed by atoms with Gasteiger partial charge in [0.2, 0.25) is 0 Å². The molecule has 4 heteroatoms. The second-order valence-corrected chi connectivity index (χ2v) is 4.36. The standard InChI is InChI=1S/C13H17N3O/c1-9(15-16-13(14)17)11-7-6-10-4-2-3-5-12(10)8-11/h6-8H,2-5H2,1H3,(H3,14,16,17). The van der Waals surface area contributed by atoms with Crippen LogP contribution in [-0.2, 0) is 12.8 Å². The van der Waals surface area contributed by atoms with Crippen LogP contribution >= 0.6 is 0 Å². The van der Waals surface area contributed by atoms with Crippen molar-refractivity contribution in [1.29, 1.82) is 0 Å². The molecule has 0 radical (unpaired) electrons. The van der Waals surface area contributed by atoms with Gasteiger partial charge in [-0.25, -0.2) is 10.2 Å². The molecule has 0 atom stereocenters. The number of nitrogens with zero attached hydrogens (tertiary/aromatic N) is 1. The van der Waals surface area contributed by atoms with Crippen molar-refractivity contribution in [2.75, 3.05) is 0 Å². The molecule has 17 heavy (non-hydrogen) atoms. The topological polar surface area (TPSA) is 67.5 Å². The van der Waals surface area contributed by atoms with Crippen LogP contribution in [0.4, 0.5) is 4.79 Å². The van der Waals surface area contributed by atoms with E-state index in [1.54, 1.807) is 0 Å². The number of fused-ring (bicyclic) bond motifs is 1. The highest BCUT2D eigenvalue weighted by atomic mass is 16.2. The Morgan fingerprint density at radius 3 is 2.71 bits per heavy atom. The Kier molecular flexibility index (Phi) is 3.42. The van der Waals surface area contributed by atoms with Crippen molar-refractivity contribution in [1.82, 2.24) is 5.43 Å². The number of nitrogens with one attached hydrogen (secondary N) is 1. The van der Waals surface area contributed by atoms with E-state index < -0.39 is 6.03 Å². The van der Waals surface area contributed by atoms with Crippen molar-refractivity contribution in [3.05, 3.63) is 34.9 Å². The van der Waals surface area contributed by atoms with Gasteiger partial charge in [0, 0.05) is 0 Å². The summed E-state index contributed by atoms with van der Waals surface area (Å²) in [4.78, 5) is 10.6. The van der Waals surface area contributed by atoms with Crippen LogP contribution in [0.1, 0.15) is 36.5 Å². The van der Waals surface area contributed by atoms with Gasteiger partial charge < -0.3 is 5.73 Å². The monoisotopic (exact) mass is 231 g/mol. The van der Waals surface area contributed by atoms with E-state index in [4.69, 9.17) is 5.73 Å². The van der Waals surface area contributed by atoms with Crippen molar-refractivity contribution < 1.29 is 4.79 Å². The van der Waals surface area contributed by atoms with E-state index in [1.165, 1.54) is 30.4 Å². The lowest BCUT2D eigenvalue weighted by atomic mass is 9.90. The molecule has 3 N–H and O–H groups in total. The van der Waals surface area contributed by atoms with E-state index in [9.17, 15) is 4.79 Å². The molecule has 0 bridgehead atoms. The molecular formula is C13H17N3O. The number of aryl methyl sites for hydroxylation is 2. The maximum Gasteiger partial charge on any atom is 0.332 e. The van der Waals surface area contributed by atoms with Gasteiger partial charge in [-0.3, -0.25) is 0 Å². The zero-order chi connectivity index (χ0) is 12.3. The third kappa shape index (κ3) is 2.84. The summed E-state index contributed by atoms with van der Waals surface area (Å²) in [6, 6.07) is 5.73. The first kappa shape index (κ1) is 11.6. The smallest absolute Gasteiger partial charge is 0.332 e. The van der Waals surface area contributed by atoms with Crippen molar-refractivity contribution in [3.8, 4) is 0 Å². The van der Waals surface area contributed by atoms with E-state index in [0.717, 1.165) is 17.7 Å². The van der Waals surface area contributed by atoms with Gasteiger partial charge in [-0.15, -0.1) is 0 Å². The molecule has 1 aromatic carbocycles. The zero-order valence-corrected chi connectivity index (χ0v) is 9.99. The lowest BCUT2D eigenvalue weighted by Crippen LogP contribution is -2.25. The fourth-order valence-corrected chi connectivity index (χ4v) is 2.16. The number of hydrogen-bond acceptors (Lipinski definition) is 2. The number of primary amides is 1. The first-order chi connectivity index (χ1) is 8.16. The molecule has 1 aliphatic carbocycles. The van der Waals surface area contributed by atoms with Crippen LogP contribution in [0.2, 0.25) is 0 Å². The van der Waals surface area contributed by atoms with Gasteiger partial charge in [-0.05, 0) is 55.4 Å². The lowest BCUT2D eigenvalue weighted by molar-refractivity contribution is 0.249. The molecule has 1 aliphatic rings. The van der Waals surface area contributed by atoms with E-state index >= 15 is 0 Å². The second kappa shape index (κ2) is 4.99. The fourth-order valence-electron chi connectivity index (χ4n) is 2.16. The summed E-state index contributed by atoms with van der Waals surface area (Å²) in [6.45, 7) is 1.86. The SMILES string of the molecule is CC(=NNC(N)=O)c1ccc2c(c1)CCCC2. The van der Waals surface area contributed by atoms with Crippen molar-refractivity contribution in [3.63, 3.8) is 0 Å². The highest BCUT2D eigenvalue weighted by Crippen LogP contribution is 2.22. The molecule has 0 unspecified atom stereocenters. The number of amides is 2. The molecule has 0 saturated heterocycles. The minimum atomic E-state index is -0.637. The molecule has 0 aliphatic heterocycles. The van der Waals surface area contributed by atoms with E-state index in [0.29, 0.717) is 0 Å². The molecule has 2 amide bonds. The van der Waals surface area contributed by atoms with Gasteiger partial charge in [0.1, 0.15) is 0 Å². The molecule has 0 heterocycles. The van der Waals surface area contributed by atoms with E-state index in [2.05, 4.69) is 22.7 Å². The number of urea groups is 1. The number of carbonyl (C=O) groups is 1. The van der Waals surface area contributed by atoms with Gasteiger partial charge >= 0.3 is 6.03 Å². The van der Waals surface area contributed by atoms with Crippen molar-refractivity contribution in [2.45, 2.75) is 32.6 Å². The Balaban J connectivity index is 2.21. The van der Waals surface area contributed by atoms with Crippen LogP contribution in [0.15, 0.2) is 23.3 Å². The predicted octanol–water partition coefficient (Wildman–Crippen LogP) is 1.96.